The molecule has 1 atom stereocenters. The van der Waals surface area contributed by atoms with Crippen LogP contribution in [-0.2, 0) is 6.67 Å². The van der Waals surface area contributed by atoms with E-state index in [1.807, 2.05) is 35.8 Å². The SMILES string of the molecule is Nc1nc(C(c2ccc(CF)cc2)c2ccc[nH]2)cs1. The van der Waals surface area contributed by atoms with Crippen molar-refractivity contribution in [2.24, 2.45) is 0 Å². The second kappa shape index (κ2) is 5.46. The fourth-order valence-electron chi connectivity index (χ4n) is 2.27. The van der Waals surface area contributed by atoms with Gasteiger partial charge in [0.2, 0.25) is 0 Å². The molecule has 2 aromatic heterocycles. The van der Waals surface area contributed by atoms with Gasteiger partial charge in [0.1, 0.15) is 6.67 Å². The van der Waals surface area contributed by atoms with Crippen molar-refractivity contribution in [2.45, 2.75) is 12.6 Å². The monoisotopic (exact) mass is 287 g/mol. The van der Waals surface area contributed by atoms with Crippen LogP contribution in [-0.4, -0.2) is 9.97 Å². The zero-order valence-corrected chi connectivity index (χ0v) is 11.5. The molecule has 3 aromatic rings. The van der Waals surface area contributed by atoms with Crippen molar-refractivity contribution in [1.82, 2.24) is 9.97 Å². The quantitative estimate of drug-likeness (QED) is 0.768. The molecule has 0 saturated carbocycles. The molecular formula is C15H14FN3S. The first-order chi connectivity index (χ1) is 9.78. The highest BCUT2D eigenvalue weighted by molar-refractivity contribution is 7.13. The second-order valence-corrected chi connectivity index (χ2v) is 5.43. The number of aromatic amines is 1. The summed E-state index contributed by atoms with van der Waals surface area (Å²) in [6.45, 7) is -0.447. The number of nitrogen functional groups attached to an aromatic ring is 1. The minimum Gasteiger partial charge on any atom is -0.375 e. The predicted molar refractivity (Wildman–Crippen MR) is 79.5 cm³/mol. The summed E-state index contributed by atoms with van der Waals surface area (Å²) < 4.78 is 12.6. The van der Waals surface area contributed by atoms with Gasteiger partial charge in [-0.2, -0.15) is 0 Å². The van der Waals surface area contributed by atoms with E-state index in [2.05, 4.69) is 9.97 Å². The molecule has 3 N–H and O–H groups in total. The first-order valence-electron chi connectivity index (χ1n) is 6.27. The van der Waals surface area contributed by atoms with Crippen LogP contribution in [0.2, 0.25) is 0 Å². The number of halogens is 1. The van der Waals surface area contributed by atoms with Gasteiger partial charge in [-0.15, -0.1) is 11.3 Å². The first-order valence-corrected chi connectivity index (χ1v) is 7.15. The van der Waals surface area contributed by atoms with Crippen molar-refractivity contribution >= 4 is 16.5 Å². The van der Waals surface area contributed by atoms with E-state index >= 15 is 0 Å². The van der Waals surface area contributed by atoms with Crippen molar-refractivity contribution in [3.05, 3.63) is 70.5 Å². The summed E-state index contributed by atoms with van der Waals surface area (Å²) in [5, 5.41) is 2.51. The fraction of sp³-hybridized carbons (Fsp3) is 0.133. The number of anilines is 1. The van der Waals surface area contributed by atoms with Crippen LogP contribution >= 0.6 is 11.3 Å². The zero-order valence-electron chi connectivity index (χ0n) is 10.7. The number of aromatic nitrogens is 2. The van der Waals surface area contributed by atoms with Gasteiger partial charge in [-0.3, -0.25) is 0 Å². The van der Waals surface area contributed by atoms with E-state index < -0.39 is 6.67 Å². The van der Waals surface area contributed by atoms with Gasteiger partial charge in [0.05, 0.1) is 11.6 Å². The summed E-state index contributed by atoms with van der Waals surface area (Å²) in [5.74, 6) is -0.00721. The van der Waals surface area contributed by atoms with Crippen LogP contribution in [0.3, 0.4) is 0 Å². The van der Waals surface area contributed by atoms with Crippen molar-refractivity contribution in [3.8, 4) is 0 Å². The maximum Gasteiger partial charge on any atom is 0.180 e. The molecule has 0 amide bonds. The van der Waals surface area contributed by atoms with Gasteiger partial charge >= 0.3 is 0 Å². The third-order valence-electron chi connectivity index (χ3n) is 3.24. The third-order valence-corrected chi connectivity index (χ3v) is 3.93. The highest BCUT2D eigenvalue weighted by atomic mass is 32.1. The van der Waals surface area contributed by atoms with E-state index in [-0.39, 0.29) is 5.92 Å². The summed E-state index contributed by atoms with van der Waals surface area (Å²) in [6.07, 6.45) is 1.88. The Morgan fingerprint density at radius 1 is 1.25 bits per heavy atom. The van der Waals surface area contributed by atoms with Gasteiger partial charge in [0, 0.05) is 17.3 Å². The van der Waals surface area contributed by atoms with Crippen LogP contribution in [0.1, 0.15) is 28.4 Å². The third kappa shape index (κ3) is 2.44. The largest absolute Gasteiger partial charge is 0.375 e. The van der Waals surface area contributed by atoms with Crippen molar-refractivity contribution < 1.29 is 4.39 Å². The first kappa shape index (κ1) is 12.9. The number of alkyl halides is 1. The standard InChI is InChI=1S/C15H14FN3S/c16-8-10-3-5-11(6-4-10)14(12-2-1-7-18-12)13-9-20-15(17)19-13/h1-7,9,14,18H,8H2,(H2,17,19). The van der Waals surface area contributed by atoms with Gasteiger partial charge < -0.3 is 10.7 Å². The Labute approximate surface area is 120 Å². The van der Waals surface area contributed by atoms with Gasteiger partial charge in [-0.05, 0) is 23.3 Å². The highest BCUT2D eigenvalue weighted by Gasteiger charge is 2.20. The number of hydrogen-bond acceptors (Lipinski definition) is 3. The molecule has 20 heavy (non-hydrogen) atoms. The Hall–Kier alpha value is -2.14. The maximum atomic E-state index is 12.6. The summed E-state index contributed by atoms with van der Waals surface area (Å²) in [5.41, 5.74) is 9.43. The molecular weight excluding hydrogens is 273 g/mol. The molecule has 0 bridgehead atoms. The Morgan fingerprint density at radius 3 is 2.60 bits per heavy atom. The van der Waals surface area contributed by atoms with E-state index in [9.17, 15) is 4.39 Å². The molecule has 2 heterocycles. The number of hydrogen-bond donors (Lipinski definition) is 2. The van der Waals surface area contributed by atoms with Crippen LogP contribution in [0.5, 0.6) is 0 Å². The van der Waals surface area contributed by atoms with Crippen LogP contribution in [0.15, 0.2) is 48.0 Å². The molecule has 1 aromatic carbocycles. The van der Waals surface area contributed by atoms with Gasteiger partial charge in [-0.1, -0.05) is 24.3 Å². The molecule has 0 spiro atoms. The Kier molecular flexibility index (Phi) is 3.52. The zero-order chi connectivity index (χ0) is 13.9. The summed E-state index contributed by atoms with van der Waals surface area (Å²) >= 11 is 1.43. The van der Waals surface area contributed by atoms with E-state index in [1.54, 1.807) is 12.1 Å². The molecule has 0 radical (unpaired) electrons. The predicted octanol–water partition coefficient (Wildman–Crippen LogP) is 3.70. The number of H-pyrrole nitrogens is 1. The Bertz CT molecular complexity index is 673. The van der Waals surface area contributed by atoms with Crippen LogP contribution in [0.25, 0.3) is 0 Å². The molecule has 102 valence electrons. The Balaban J connectivity index is 2.05. The minimum absolute atomic E-state index is 0.00721. The molecule has 0 aliphatic heterocycles. The lowest BCUT2D eigenvalue weighted by Crippen LogP contribution is -2.04. The van der Waals surface area contributed by atoms with E-state index in [1.165, 1.54) is 11.3 Å². The Morgan fingerprint density at radius 2 is 2.05 bits per heavy atom. The maximum absolute atomic E-state index is 12.6. The summed E-state index contributed by atoms with van der Waals surface area (Å²) in [6, 6.07) is 11.5. The number of rotatable bonds is 4. The summed E-state index contributed by atoms with van der Waals surface area (Å²) in [4.78, 5) is 7.61. The van der Waals surface area contributed by atoms with Crippen molar-refractivity contribution in [1.29, 1.82) is 0 Å². The van der Waals surface area contributed by atoms with Gasteiger partial charge in [0.25, 0.3) is 0 Å². The lowest BCUT2D eigenvalue weighted by atomic mass is 9.92. The fourth-order valence-corrected chi connectivity index (χ4v) is 2.85. The molecule has 1 unspecified atom stereocenters. The van der Waals surface area contributed by atoms with Gasteiger partial charge in [0.15, 0.2) is 5.13 Å². The molecule has 0 aliphatic rings. The van der Waals surface area contributed by atoms with E-state index in [0.29, 0.717) is 10.7 Å². The van der Waals surface area contributed by atoms with Crippen molar-refractivity contribution in [2.75, 3.05) is 5.73 Å². The molecule has 3 nitrogen and oxygen atoms in total. The molecule has 0 aliphatic carbocycles. The average Bonchev–Trinajstić information content (AvgIpc) is 3.13. The van der Waals surface area contributed by atoms with Crippen molar-refractivity contribution in [3.63, 3.8) is 0 Å². The van der Waals surface area contributed by atoms with Crippen LogP contribution < -0.4 is 5.73 Å². The van der Waals surface area contributed by atoms with Crippen LogP contribution in [0, 0.1) is 0 Å². The number of benzene rings is 1. The topological polar surface area (TPSA) is 54.7 Å². The smallest absolute Gasteiger partial charge is 0.180 e. The summed E-state index contributed by atoms with van der Waals surface area (Å²) in [7, 11) is 0. The lowest BCUT2D eigenvalue weighted by molar-refractivity contribution is 0.485. The average molecular weight is 287 g/mol. The lowest BCUT2D eigenvalue weighted by Gasteiger charge is -2.14. The molecule has 3 rings (SSSR count). The van der Waals surface area contributed by atoms with Gasteiger partial charge in [-0.25, -0.2) is 9.37 Å². The molecule has 5 heteroatoms. The minimum atomic E-state index is -0.447. The number of nitrogens with zero attached hydrogens (tertiary/aromatic N) is 1. The molecule has 0 fully saturated rings. The number of nitrogens with two attached hydrogens (primary N) is 1. The number of thiazole rings is 1. The van der Waals surface area contributed by atoms with E-state index in [4.69, 9.17) is 5.73 Å². The normalized spacial score (nSPS) is 12.4. The highest BCUT2D eigenvalue weighted by Crippen LogP contribution is 2.32. The number of nitrogens with one attached hydrogen (secondary N) is 1. The van der Waals surface area contributed by atoms with E-state index in [0.717, 1.165) is 17.0 Å². The van der Waals surface area contributed by atoms with Crippen LogP contribution in [0.4, 0.5) is 9.52 Å². The molecule has 0 saturated heterocycles. The second-order valence-electron chi connectivity index (χ2n) is 4.54.